The van der Waals surface area contributed by atoms with Gasteiger partial charge in [0.2, 0.25) is 0 Å². The number of Topliss-reactive ketones (excluding diaryl/α,β-unsaturated/α-hetero) is 1. The maximum absolute atomic E-state index is 13.3. The number of carbonyl (C=O) groups excluding carboxylic acids is 2. The second-order valence-electron chi connectivity index (χ2n) is 5.06. The summed E-state index contributed by atoms with van der Waals surface area (Å²) in [6, 6.07) is 5.46. The van der Waals surface area contributed by atoms with E-state index in [2.05, 4.69) is 0 Å². The van der Waals surface area contributed by atoms with Gasteiger partial charge in [-0.15, -0.1) is 23.1 Å². The maximum Gasteiger partial charge on any atom is 0.313 e. The molecule has 0 saturated heterocycles. The Balaban J connectivity index is 2.18. The number of thiophene rings is 1. The molecule has 136 valence electrons. The van der Waals surface area contributed by atoms with Gasteiger partial charge in [0.05, 0.1) is 21.4 Å². The number of nitrogens with two attached hydrogens (primary N) is 1. The van der Waals surface area contributed by atoms with Gasteiger partial charge in [-0.25, -0.2) is 8.78 Å². The number of nitrogen functional groups attached to an aromatic ring is 1. The van der Waals surface area contributed by atoms with Gasteiger partial charge in [0, 0.05) is 5.75 Å². The van der Waals surface area contributed by atoms with Crippen LogP contribution in [0.3, 0.4) is 0 Å². The molecule has 1 aromatic heterocycles. The first-order valence-corrected chi connectivity index (χ1v) is 9.25. The van der Waals surface area contributed by atoms with E-state index < -0.39 is 29.8 Å². The van der Waals surface area contributed by atoms with E-state index in [1.165, 1.54) is 17.8 Å². The number of thioether (sulfide) groups is 1. The van der Waals surface area contributed by atoms with Crippen molar-refractivity contribution >= 4 is 40.5 Å². The Morgan fingerprint density at radius 3 is 2.69 bits per heavy atom. The lowest BCUT2D eigenvalue weighted by molar-refractivity contribution is -0.141. The van der Waals surface area contributed by atoms with E-state index in [-0.39, 0.29) is 28.5 Å². The number of ether oxygens (including phenoxy) is 1. The van der Waals surface area contributed by atoms with E-state index in [9.17, 15) is 23.6 Å². The van der Waals surface area contributed by atoms with Crippen molar-refractivity contribution in [3.63, 3.8) is 0 Å². The molecule has 2 aromatic rings. The Hall–Kier alpha value is -2.44. The van der Waals surface area contributed by atoms with Crippen LogP contribution in [-0.2, 0) is 15.3 Å². The molecule has 0 radical (unpaired) electrons. The fourth-order valence-corrected chi connectivity index (χ4v) is 4.32. The molecule has 2 N–H and O–H groups in total. The molecule has 1 aromatic carbocycles. The summed E-state index contributed by atoms with van der Waals surface area (Å²) in [5, 5.41) is 9.29. The van der Waals surface area contributed by atoms with Crippen LogP contribution in [-0.4, -0.2) is 18.4 Å². The van der Waals surface area contributed by atoms with E-state index in [0.717, 1.165) is 23.5 Å². The molecule has 5 nitrogen and oxygen atoms in total. The average molecular weight is 396 g/mol. The molecule has 0 aliphatic heterocycles. The molecular weight excluding hydrogens is 382 g/mol. The Labute approximate surface area is 156 Å². The van der Waals surface area contributed by atoms with E-state index in [1.807, 2.05) is 6.07 Å². The van der Waals surface area contributed by atoms with Crippen LogP contribution in [0, 0.1) is 23.0 Å². The highest BCUT2D eigenvalue weighted by Crippen LogP contribution is 2.39. The molecule has 0 bridgehead atoms. The van der Waals surface area contributed by atoms with Gasteiger partial charge in [0.15, 0.2) is 17.4 Å². The number of halogens is 2. The first-order chi connectivity index (χ1) is 12.4. The predicted molar refractivity (Wildman–Crippen MR) is 94.9 cm³/mol. The predicted octanol–water partition coefficient (Wildman–Crippen LogP) is 3.91. The van der Waals surface area contributed by atoms with Gasteiger partial charge < -0.3 is 10.5 Å². The van der Waals surface area contributed by atoms with Crippen molar-refractivity contribution in [3.8, 4) is 6.07 Å². The molecule has 2 rings (SSSR count). The Bertz CT molecular complexity index is 891. The number of benzene rings is 1. The van der Waals surface area contributed by atoms with Gasteiger partial charge >= 0.3 is 5.97 Å². The van der Waals surface area contributed by atoms with Crippen LogP contribution < -0.4 is 5.73 Å². The second-order valence-corrected chi connectivity index (χ2v) is 7.33. The Kier molecular flexibility index (Phi) is 6.71. The molecule has 0 aliphatic rings. The number of carbonyl (C=O) groups is 2. The lowest BCUT2D eigenvalue weighted by atomic mass is 10.2. The third kappa shape index (κ3) is 4.59. The van der Waals surface area contributed by atoms with Gasteiger partial charge in [-0.2, -0.15) is 5.26 Å². The number of rotatable bonds is 7. The summed E-state index contributed by atoms with van der Waals surface area (Å²) in [6.07, 6.45) is -0.462. The van der Waals surface area contributed by atoms with Gasteiger partial charge in [-0.05, 0) is 24.6 Å². The van der Waals surface area contributed by atoms with Crippen molar-refractivity contribution in [2.75, 3.05) is 12.3 Å². The summed E-state index contributed by atoms with van der Waals surface area (Å²) < 4.78 is 31.4. The molecule has 26 heavy (non-hydrogen) atoms. The minimum atomic E-state index is -0.959. The van der Waals surface area contributed by atoms with E-state index in [4.69, 9.17) is 10.5 Å². The highest BCUT2D eigenvalue weighted by molar-refractivity contribution is 8.00. The van der Waals surface area contributed by atoms with Crippen molar-refractivity contribution < 1.29 is 23.1 Å². The summed E-state index contributed by atoms with van der Waals surface area (Å²) in [5.74, 6) is -2.83. The second kappa shape index (κ2) is 8.78. The lowest BCUT2D eigenvalue weighted by Crippen LogP contribution is -2.11. The number of hydrogen-bond acceptors (Lipinski definition) is 7. The standard InChI is InChI=1S/C17H14F2N2O3S2/c1-2-24-14(23)6-13(22)16-15(21)10(7-20)17(26-16)25-8-9-3-4-11(18)12(19)5-9/h3-5H,2,6,8,21H2,1H3. The van der Waals surface area contributed by atoms with Gasteiger partial charge in [0.25, 0.3) is 0 Å². The number of esters is 1. The fraction of sp³-hybridized carbons (Fsp3) is 0.235. The lowest BCUT2D eigenvalue weighted by Gasteiger charge is -2.01. The minimum absolute atomic E-state index is 0.0135. The third-order valence-electron chi connectivity index (χ3n) is 3.24. The molecular formula is C17H14F2N2O3S2. The zero-order chi connectivity index (χ0) is 19.3. The molecule has 0 amide bonds. The molecule has 0 unspecified atom stereocenters. The quantitative estimate of drug-likeness (QED) is 0.330. The van der Waals surface area contributed by atoms with Crippen molar-refractivity contribution in [2.45, 2.75) is 23.3 Å². The van der Waals surface area contributed by atoms with Crippen molar-refractivity contribution in [1.82, 2.24) is 0 Å². The van der Waals surface area contributed by atoms with Gasteiger partial charge in [0.1, 0.15) is 18.1 Å². The monoisotopic (exact) mass is 396 g/mol. The average Bonchev–Trinajstić information content (AvgIpc) is 2.92. The highest BCUT2D eigenvalue weighted by Gasteiger charge is 2.23. The van der Waals surface area contributed by atoms with Gasteiger partial charge in [-0.1, -0.05) is 6.07 Å². The molecule has 0 aliphatic carbocycles. The molecule has 0 atom stereocenters. The van der Waals surface area contributed by atoms with E-state index >= 15 is 0 Å². The maximum atomic E-state index is 13.3. The topological polar surface area (TPSA) is 93.2 Å². The molecule has 0 spiro atoms. The first-order valence-electron chi connectivity index (χ1n) is 7.45. The highest BCUT2D eigenvalue weighted by atomic mass is 32.2. The van der Waals surface area contributed by atoms with Crippen molar-refractivity contribution in [1.29, 1.82) is 5.26 Å². The number of ketones is 1. The number of anilines is 1. The molecule has 0 fully saturated rings. The first kappa shape index (κ1) is 19.9. The van der Waals surface area contributed by atoms with Crippen LogP contribution in [0.5, 0.6) is 0 Å². The largest absolute Gasteiger partial charge is 0.466 e. The zero-order valence-corrected chi connectivity index (χ0v) is 15.3. The molecule has 9 heteroatoms. The fourth-order valence-electron chi connectivity index (χ4n) is 2.04. The number of nitrogens with zero attached hydrogens (tertiary/aromatic N) is 1. The SMILES string of the molecule is CCOC(=O)CC(=O)c1sc(SCc2ccc(F)c(F)c2)c(C#N)c1N. The normalized spacial score (nSPS) is 10.4. The Morgan fingerprint density at radius 2 is 2.08 bits per heavy atom. The zero-order valence-electron chi connectivity index (χ0n) is 13.7. The molecule has 1 heterocycles. The van der Waals surface area contributed by atoms with Crippen LogP contribution >= 0.6 is 23.1 Å². The smallest absolute Gasteiger partial charge is 0.313 e. The summed E-state index contributed by atoms with van der Waals surface area (Å²) in [7, 11) is 0. The third-order valence-corrected chi connectivity index (χ3v) is 5.83. The molecule has 0 saturated carbocycles. The van der Waals surface area contributed by atoms with E-state index in [0.29, 0.717) is 9.77 Å². The van der Waals surface area contributed by atoms with Crippen LogP contribution in [0.4, 0.5) is 14.5 Å². The summed E-state index contributed by atoms with van der Waals surface area (Å²) in [6.45, 7) is 1.79. The van der Waals surface area contributed by atoms with E-state index in [1.54, 1.807) is 6.92 Å². The Morgan fingerprint density at radius 1 is 1.35 bits per heavy atom. The van der Waals surface area contributed by atoms with Crippen LogP contribution in [0.2, 0.25) is 0 Å². The summed E-state index contributed by atoms with van der Waals surface area (Å²) in [4.78, 5) is 23.8. The van der Waals surface area contributed by atoms with Crippen LogP contribution in [0.25, 0.3) is 0 Å². The van der Waals surface area contributed by atoms with Crippen molar-refractivity contribution in [3.05, 3.63) is 45.8 Å². The van der Waals surface area contributed by atoms with Crippen molar-refractivity contribution in [2.24, 2.45) is 0 Å². The van der Waals surface area contributed by atoms with Gasteiger partial charge in [-0.3, -0.25) is 9.59 Å². The minimum Gasteiger partial charge on any atom is -0.466 e. The van der Waals surface area contributed by atoms with Crippen LogP contribution in [0.1, 0.15) is 34.1 Å². The number of nitriles is 1. The summed E-state index contributed by atoms with van der Waals surface area (Å²) >= 11 is 2.18. The van der Waals surface area contributed by atoms with Crippen LogP contribution in [0.15, 0.2) is 22.4 Å². The number of hydrogen-bond donors (Lipinski definition) is 1. The summed E-state index contributed by atoms with van der Waals surface area (Å²) in [5.41, 5.74) is 6.54.